The first-order valence-electron chi connectivity index (χ1n) is 5.59. The molecule has 0 amide bonds. The minimum atomic E-state index is -1.03. The average Bonchev–Trinajstić information content (AvgIpc) is 2.77. The summed E-state index contributed by atoms with van der Waals surface area (Å²) in [5.74, 6) is -0.265. The van der Waals surface area contributed by atoms with Gasteiger partial charge in [0.2, 0.25) is 5.76 Å². The normalized spacial score (nSPS) is 10.6. The van der Waals surface area contributed by atoms with Gasteiger partial charge in [-0.15, -0.1) is 0 Å². The summed E-state index contributed by atoms with van der Waals surface area (Å²) in [6.45, 7) is 4.15. The van der Waals surface area contributed by atoms with E-state index in [1.54, 1.807) is 6.07 Å². The molecule has 94 valence electrons. The van der Waals surface area contributed by atoms with E-state index in [2.05, 4.69) is 26.0 Å². The van der Waals surface area contributed by atoms with E-state index >= 15 is 0 Å². The van der Waals surface area contributed by atoms with Crippen LogP contribution in [0.1, 0.15) is 27.2 Å². The van der Waals surface area contributed by atoms with Crippen molar-refractivity contribution in [2.24, 2.45) is 0 Å². The van der Waals surface area contributed by atoms with Crippen molar-refractivity contribution in [1.29, 1.82) is 0 Å². The Hall–Kier alpha value is -1.68. The number of furan rings is 1. The Morgan fingerprint density at radius 2 is 1.89 bits per heavy atom. The van der Waals surface area contributed by atoms with Gasteiger partial charge in [-0.25, -0.2) is 4.79 Å². The number of thioether (sulfide) groups is 1. The predicted molar refractivity (Wildman–Crippen MR) is 71.1 cm³/mol. The molecule has 3 nitrogen and oxygen atoms in total. The number of aromatic carboxylic acids is 1. The lowest BCUT2D eigenvalue weighted by molar-refractivity contribution is 0.0656. The molecule has 0 aliphatic carbocycles. The highest BCUT2D eigenvalue weighted by Gasteiger charge is 2.10. The molecule has 0 unspecified atom stereocenters. The zero-order valence-electron chi connectivity index (χ0n) is 10.3. The fraction of sp³-hybridized carbons (Fsp3) is 0.214. The Morgan fingerprint density at radius 3 is 2.44 bits per heavy atom. The maximum absolute atomic E-state index is 10.7. The summed E-state index contributed by atoms with van der Waals surface area (Å²) in [5.41, 5.74) is 3.76. The largest absolute Gasteiger partial charge is 0.475 e. The van der Waals surface area contributed by atoms with Crippen LogP contribution in [0.5, 0.6) is 0 Å². The molecule has 0 saturated heterocycles. The highest BCUT2D eigenvalue weighted by molar-refractivity contribution is 7.98. The monoisotopic (exact) mass is 262 g/mol. The number of carboxylic acid groups (broad SMARTS) is 1. The van der Waals surface area contributed by atoms with Crippen molar-refractivity contribution in [3.05, 3.63) is 52.8 Å². The molecule has 0 atom stereocenters. The second kappa shape index (κ2) is 5.31. The van der Waals surface area contributed by atoms with E-state index in [1.807, 2.05) is 6.07 Å². The molecule has 2 aromatic rings. The van der Waals surface area contributed by atoms with Gasteiger partial charge in [0.25, 0.3) is 0 Å². The van der Waals surface area contributed by atoms with E-state index < -0.39 is 5.97 Å². The standard InChI is InChI=1S/C14H14O3S/c1-9-4-3-5-10(2)11(9)8-18-13-7-6-12(17-13)14(15)16/h3-7H,8H2,1-2H3,(H,15,16). The van der Waals surface area contributed by atoms with Crippen LogP contribution in [0, 0.1) is 13.8 Å². The van der Waals surface area contributed by atoms with Crippen LogP contribution in [-0.2, 0) is 5.75 Å². The first kappa shape index (κ1) is 12.8. The van der Waals surface area contributed by atoms with E-state index in [-0.39, 0.29) is 5.76 Å². The number of aryl methyl sites for hydroxylation is 2. The van der Waals surface area contributed by atoms with Gasteiger partial charge in [0, 0.05) is 5.75 Å². The molecule has 0 saturated carbocycles. The van der Waals surface area contributed by atoms with Crippen molar-refractivity contribution in [2.45, 2.75) is 24.7 Å². The summed E-state index contributed by atoms with van der Waals surface area (Å²) >= 11 is 1.51. The SMILES string of the molecule is Cc1cccc(C)c1CSc1ccc(C(=O)O)o1. The molecule has 0 fully saturated rings. The summed E-state index contributed by atoms with van der Waals surface area (Å²) < 4.78 is 5.21. The third-order valence-electron chi connectivity index (χ3n) is 2.80. The number of hydrogen-bond acceptors (Lipinski definition) is 3. The predicted octanol–water partition coefficient (Wildman–Crippen LogP) is 3.89. The number of benzene rings is 1. The third kappa shape index (κ3) is 2.76. The zero-order chi connectivity index (χ0) is 13.1. The van der Waals surface area contributed by atoms with Crippen molar-refractivity contribution in [1.82, 2.24) is 0 Å². The molecule has 0 spiro atoms. The van der Waals surface area contributed by atoms with Crippen molar-refractivity contribution in [3.63, 3.8) is 0 Å². The van der Waals surface area contributed by atoms with Gasteiger partial charge in [0.15, 0.2) is 5.09 Å². The number of rotatable bonds is 4. The minimum Gasteiger partial charge on any atom is -0.475 e. The fourth-order valence-electron chi connectivity index (χ4n) is 1.73. The highest BCUT2D eigenvalue weighted by Crippen LogP contribution is 2.27. The van der Waals surface area contributed by atoms with Gasteiger partial charge in [0.05, 0.1) is 0 Å². The number of hydrogen-bond donors (Lipinski definition) is 1. The number of carboxylic acids is 1. The quantitative estimate of drug-likeness (QED) is 0.849. The van der Waals surface area contributed by atoms with Gasteiger partial charge in [-0.05, 0) is 42.7 Å². The topological polar surface area (TPSA) is 50.4 Å². The molecule has 0 radical (unpaired) electrons. The summed E-state index contributed by atoms with van der Waals surface area (Å²) in [6.07, 6.45) is 0. The summed E-state index contributed by atoms with van der Waals surface area (Å²) in [4.78, 5) is 10.7. The van der Waals surface area contributed by atoms with Gasteiger partial charge in [-0.1, -0.05) is 30.0 Å². The maximum atomic E-state index is 10.7. The van der Waals surface area contributed by atoms with Crippen molar-refractivity contribution in [3.8, 4) is 0 Å². The van der Waals surface area contributed by atoms with Gasteiger partial charge in [-0.2, -0.15) is 0 Å². The van der Waals surface area contributed by atoms with Gasteiger partial charge in [0.1, 0.15) is 0 Å². The van der Waals surface area contributed by atoms with Crippen LogP contribution in [0.15, 0.2) is 39.8 Å². The molecule has 0 aliphatic rings. The van der Waals surface area contributed by atoms with E-state index in [0.29, 0.717) is 5.09 Å². The van der Waals surface area contributed by atoms with E-state index in [0.717, 1.165) is 5.75 Å². The summed E-state index contributed by atoms with van der Waals surface area (Å²) in [5, 5.41) is 9.40. The van der Waals surface area contributed by atoms with Crippen LogP contribution in [0.4, 0.5) is 0 Å². The van der Waals surface area contributed by atoms with Crippen LogP contribution in [0.2, 0.25) is 0 Å². The van der Waals surface area contributed by atoms with Crippen molar-refractivity contribution in [2.75, 3.05) is 0 Å². The first-order valence-corrected chi connectivity index (χ1v) is 6.57. The highest BCUT2D eigenvalue weighted by atomic mass is 32.2. The summed E-state index contributed by atoms with van der Waals surface area (Å²) in [6, 6.07) is 9.37. The van der Waals surface area contributed by atoms with Crippen molar-refractivity contribution < 1.29 is 14.3 Å². The lowest BCUT2D eigenvalue weighted by Crippen LogP contribution is -1.92. The fourth-order valence-corrected chi connectivity index (χ4v) is 2.79. The molecule has 0 bridgehead atoms. The second-order valence-electron chi connectivity index (χ2n) is 4.08. The maximum Gasteiger partial charge on any atom is 0.371 e. The van der Waals surface area contributed by atoms with Gasteiger partial charge < -0.3 is 9.52 Å². The van der Waals surface area contributed by atoms with E-state index in [1.165, 1.54) is 34.5 Å². The Kier molecular flexibility index (Phi) is 3.77. The van der Waals surface area contributed by atoms with Crippen LogP contribution >= 0.6 is 11.8 Å². The summed E-state index contributed by atoms with van der Waals surface area (Å²) in [7, 11) is 0. The minimum absolute atomic E-state index is 0.0148. The third-order valence-corrected chi connectivity index (χ3v) is 3.73. The molecule has 1 N–H and O–H groups in total. The molecule has 18 heavy (non-hydrogen) atoms. The molecular formula is C14H14O3S. The van der Waals surface area contributed by atoms with E-state index in [9.17, 15) is 4.79 Å². The molecule has 4 heteroatoms. The first-order chi connectivity index (χ1) is 8.58. The molecule has 2 rings (SSSR count). The zero-order valence-corrected chi connectivity index (χ0v) is 11.1. The molecule has 1 heterocycles. The second-order valence-corrected chi connectivity index (χ2v) is 5.06. The average molecular weight is 262 g/mol. The van der Waals surface area contributed by atoms with Crippen molar-refractivity contribution >= 4 is 17.7 Å². The van der Waals surface area contributed by atoms with Crippen LogP contribution in [-0.4, -0.2) is 11.1 Å². The van der Waals surface area contributed by atoms with Crippen LogP contribution in [0.25, 0.3) is 0 Å². The van der Waals surface area contributed by atoms with Crippen LogP contribution in [0.3, 0.4) is 0 Å². The molecular weight excluding hydrogens is 248 g/mol. The smallest absolute Gasteiger partial charge is 0.371 e. The Morgan fingerprint density at radius 1 is 1.22 bits per heavy atom. The lowest BCUT2D eigenvalue weighted by Gasteiger charge is -2.07. The molecule has 1 aromatic carbocycles. The van der Waals surface area contributed by atoms with Gasteiger partial charge in [-0.3, -0.25) is 0 Å². The molecule has 0 aliphatic heterocycles. The van der Waals surface area contributed by atoms with E-state index in [4.69, 9.17) is 9.52 Å². The Labute approximate surface area is 110 Å². The molecule has 1 aromatic heterocycles. The van der Waals surface area contributed by atoms with Gasteiger partial charge >= 0.3 is 5.97 Å². The Balaban J connectivity index is 2.09. The van der Waals surface area contributed by atoms with Crippen LogP contribution < -0.4 is 0 Å². The Bertz CT molecular complexity index is 552. The number of carbonyl (C=O) groups is 1. The lowest BCUT2D eigenvalue weighted by atomic mass is 10.1.